The summed E-state index contributed by atoms with van der Waals surface area (Å²) >= 11 is 2.02. The molecule has 0 spiro atoms. The smallest absolute Gasteiger partial charge is 0.337 e. The van der Waals surface area contributed by atoms with Gasteiger partial charge in [0, 0.05) is 0 Å². The Hall–Kier alpha value is -4.42. The maximum atomic E-state index is 12.8. The van der Waals surface area contributed by atoms with E-state index in [0.717, 1.165) is 22.7 Å². The molecule has 10 nitrogen and oxygen atoms in total. The Bertz CT molecular complexity index is 1380. The molecule has 4 rings (SSSR count). The Labute approximate surface area is 199 Å². The number of thiophene rings is 2. The van der Waals surface area contributed by atoms with E-state index in [0.29, 0.717) is 9.40 Å². The molecule has 2 heterocycles. The molecule has 0 aliphatic carbocycles. The van der Waals surface area contributed by atoms with E-state index in [9.17, 15) is 29.4 Å². The summed E-state index contributed by atoms with van der Waals surface area (Å²) in [6.45, 7) is 0. The third kappa shape index (κ3) is 4.02. The van der Waals surface area contributed by atoms with Gasteiger partial charge in [0.1, 0.15) is 9.75 Å². The molecule has 0 bridgehead atoms. The highest BCUT2D eigenvalue weighted by Gasteiger charge is 2.26. The molecule has 0 saturated carbocycles. The highest BCUT2D eigenvalue weighted by atomic mass is 32.2. The van der Waals surface area contributed by atoms with Crippen LogP contribution in [0.3, 0.4) is 0 Å². The molecule has 0 radical (unpaired) electrons. The fourth-order valence-corrected chi connectivity index (χ4v) is 5.66. The summed E-state index contributed by atoms with van der Waals surface area (Å²) in [7, 11) is 0. The minimum absolute atomic E-state index is 0.0593. The lowest BCUT2D eigenvalue weighted by Gasteiger charge is -2.08. The van der Waals surface area contributed by atoms with Crippen LogP contribution in [0.15, 0.2) is 48.5 Å². The van der Waals surface area contributed by atoms with Crippen molar-refractivity contribution in [1.29, 1.82) is 0 Å². The average molecular weight is 497 g/mol. The minimum atomic E-state index is -1.19. The summed E-state index contributed by atoms with van der Waals surface area (Å²) in [6.07, 6.45) is 0. The molecule has 0 aliphatic heterocycles. The van der Waals surface area contributed by atoms with Gasteiger partial charge in [0.05, 0.1) is 43.3 Å². The van der Waals surface area contributed by atoms with Crippen LogP contribution in [0.5, 0.6) is 0 Å². The lowest BCUT2D eigenvalue weighted by atomic mass is 10.1. The number of nitrogens with one attached hydrogen (secondary N) is 2. The number of amides is 2. The van der Waals surface area contributed by atoms with Gasteiger partial charge < -0.3 is 32.3 Å². The number of nitrogens with two attached hydrogens (primary N) is 2. The van der Waals surface area contributed by atoms with Crippen LogP contribution in [-0.4, -0.2) is 34.0 Å². The van der Waals surface area contributed by atoms with Crippen molar-refractivity contribution in [3.05, 3.63) is 69.4 Å². The van der Waals surface area contributed by atoms with E-state index in [2.05, 4.69) is 10.6 Å². The highest BCUT2D eigenvalue weighted by Crippen LogP contribution is 2.45. The molecule has 0 fully saturated rings. The molecule has 0 atom stereocenters. The average Bonchev–Trinajstić information content (AvgIpc) is 3.30. The zero-order valence-corrected chi connectivity index (χ0v) is 18.8. The van der Waals surface area contributed by atoms with Crippen LogP contribution in [0, 0.1) is 0 Å². The molecule has 0 unspecified atom stereocenters. The first-order valence-corrected chi connectivity index (χ1v) is 11.2. The number of rotatable bonds is 6. The lowest BCUT2D eigenvalue weighted by Crippen LogP contribution is -2.15. The van der Waals surface area contributed by atoms with Gasteiger partial charge in [0.25, 0.3) is 11.8 Å². The molecule has 2 aromatic heterocycles. The molecule has 8 N–H and O–H groups in total. The molecule has 0 aliphatic rings. The Morgan fingerprint density at radius 1 is 0.676 bits per heavy atom. The summed E-state index contributed by atoms with van der Waals surface area (Å²) in [5.74, 6) is -3.61. The number of hydrogen-bond acceptors (Lipinski definition) is 8. The number of hydrogen-bond donors (Lipinski definition) is 6. The van der Waals surface area contributed by atoms with Crippen LogP contribution in [-0.2, 0) is 0 Å². The number of carboxylic acids is 2. The number of aromatic carboxylic acids is 2. The van der Waals surface area contributed by atoms with Gasteiger partial charge in [-0.05, 0) is 24.3 Å². The van der Waals surface area contributed by atoms with E-state index in [4.69, 9.17) is 11.5 Å². The van der Waals surface area contributed by atoms with Crippen LogP contribution in [0.1, 0.15) is 40.1 Å². The summed E-state index contributed by atoms with van der Waals surface area (Å²) in [5, 5.41) is 24.0. The third-order valence-electron chi connectivity index (χ3n) is 4.85. The molecule has 2 amide bonds. The second kappa shape index (κ2) is 8.84. The number of anilines is 4. The SMILES string of the molecule is Nc1c(C(=O)Nc2ccccc2C(=O)O)sc2sc(C(=O)Nc3ccccc3C(=O)O)c(N)c12. The van der Waals surface area contributed by atoms with Crippen molar-refractivity contribution in [2.75, 3.05) is 22.1 Å². The van der Waals surface area contributed by atoms with E-state index >= 15 is 0 Å². The zero-order chi connectivity index (χ0) is 24.6. The number of para-hydroxylation sites is 2. The summed E-state index contributed by atoms with van der Waals surface area (Å²) in [6, 6.07) is 11.9. The Balaban J connectivity index is 1.63. The fourth-order valence-electron chi connectivity index (χ4n) is 3.26. The van der Waals surface area contributed by atoms with Crippen LogP contribution < -0.4 is 22.1 Å². The van der Waals surface area contributed by atoms with Crippen LogP contribution >= 0.6 is 22.7 Å². The van der Waals surface area contributed by atoms with E-state index in [1.165, 1.54) is 36.4 Å². The molecule has 0 saturated heterocycles. The number of nitrogen functional groups attached to an aromatic ring is 2. The Morgan fingerprint density at radius 3 is 1.41 bits per heavy atom. The second-order valence-corrected chi connectivity index (χ2v) is 9.26. The first-order valence-electron chi connectivity index (χ1n) is 9.56. The molecule has 34 heavy (non-hydrogen) atoms. The van der Waals surface area contributed by atoms with Gasteiger partial charge in [-0.1, -0.05) is 24.3 Å². The first-order chi connectivity index (χ1) is 16.2. The van der Waals surface area contributed by atoms with E-state index in [1.807, 2.05) is 0 Å². The number of carbonyl (C=O) groups excluding carboxylic acids is 2. The van der Waals surface area contributed by atoms with Crippen molar-refractivity contribution < 1.29 is 29.4 Å². The second-order valence-electron chi connectivity index (χ2n) is 6.96. The highest BCUT2D eigenvalue weighted by molar-refractivity contribution is 7.40. The van der Waals surface area contributed by atoms with Gasteiger partial charge in [-0.25, -0.2) is 9.59 Å². The molecule has 2 aromatic carbocycles. The van der Waals surface area contributed by atoms with Gasteiger partial charge in [-0.2, -0.15) is 0 Å². The Morgan fingerprint density at radius 2 is 1.06 bits per heavy atom. The van der Waals surface area contributed by atoms with E-state index in [1.54, 1.807) is 12.1 Å². The largest absolute Gasteiger partial charge is 0.478 e. The summed E-state index contributed by atoms with van der Waals surface area (Å²) in [4.78, 5) is 48.6. The van der Waals surface area contributed by atoms with Crippen LogP contribution in [0.4, 0.5) is 22.7 Å². The van der Waals surface area contributed by atoms with Crippen molar-refractivity contribution in [3.8, 4) is 0 Å². The maximum Gasteiger partial charge on any atom is 0.337 e. The number of benzene rings is 2. The van der Waals surface area contributed by atoms with E-state index < -0.39 is 23.8 Å². The van der Waals surface area contributed by atoms with E-state index in [-0.39, 0.29) is 43.6 Å². The molecule has 172 valence electrons. The summed E-state index contributed by atoms with van der Waals surface area (Å²) < 4.78 is 0.517. The lowest BCUT2D eigenvalue weighted by molar-refractivity contribution is 0.0687. The van der Waals surface area contributed by atoms with Crippen molar-refractivity contribution >= 4 is 78.6 Å². The van der Waals surface area contributed by atoms with Gasteiger partial charge in [-0.15, -0.1) is 22.7 Å². The van der Waals surface area contributed by atoms with Crippen molar-refractivity contribution in [2.45, 2.75) is 0 Å². The van der Waals surface area contributed by atoms with Crippen molar-refractivity contribution in [1.82, 2.24) is 0 Å². The Kier molecular flexibility index (Phi) is 5.92. The number of carbonyl (C=O) groups is 4. The van der Waals surface area contributed by atoms with Gasteiger partial charge in [0.2, 0.25) is 0 Å². The first kappa shape index (κ1) is 22.8. The maximum absolute atomic E-state index is 12.8. The van der Waals surface area contributed by atoms with Gasteiger partial charge in [-0.3, -0.25) is 9.59 Å². The molecular weight excluding hydrogens is 480 g/mol. The zero-order valence-electron chi connectivity index (χ0n) is 17.1. The predicted octanol–water partition coefficient (Wildman–Crippen LogP) is 4.03. The minimum Gasteiger partial charge on any atom is -0.478 e. The molecular formula is C22H16N4O6S2. The van der Waals surface area contributed by atoms with Crippen molar-refractivity contribution in [2.24, 2.45) is 0 Å². The number of fused-ring (bicyclic) bond motifs is 1. The third-order valence-corrected chi connectivity index (χ3v) is 7.34. The van der Waals surface area contributed by atoms with Crippen LogP contribution in [0.25, 0.3) is 9.40 Å². The normalized spacial score (nSPS) is 10.7. The molecule has 12 heteroatoms. The summed E-state index contributed by atoms with van der Waals surface area (Å²) in [5.41, 5.74) is 12.5. The standard InChI is InChI=1S/C22H16N4O6S2/c23-14-13-15(24)17(19(28)26-12-8-4-2-6-10(12)21(31)32)34-22(13)33-16(14)18(27)25-11-7-3-1-5-9(11)20(29)30/h1-8H,23-24H2,(H,25,27)(H,26,28)(H,29,30)(H,31,32). The topological polar surface area (TPSA) is 185 Å². The van der Waals surface area contributed by atoms with Crippen LogP contribution in [0.2, 0.25) is 0 Å². The number of carboxylic acid groups (broad SMARTS) is 2. The molecule has 4 aromatic rings. The van der Waals surface area contributed by atoms with Gasteiger partial charge >= 0.3 is 11.9 Å². The van der Waals surface area contributed by atoms with Gasteiger partial charge in [0.15, 0.2) is 0 Å². The fraction of sp³-hybridized carbons (Fsp3) is 0. The monoisotopic (exact) mass is 496 g/mol. The quantitative estimate of drug-likeness (QED) is 0.231. The predicted molar refractivity (Wildman–Crippen MR) is 131 cm³/mol. The van der Waals surface area contributed by atoms with Crippen molar-refractivity contribution in [3.63, 3.8) is 0 Å².